The highest BCUT2D eigenvalue weighted by atomic mass is 35.5. The molecule has 0 aliphatic heterocycles. The molecule has 1 amide bonds. The molecule has 31 heavy (non-hydrogen) atoms. The number of nitrogens with zero attached hydrogens (tertiary/aromatic N) is 3. The van der Waals surface area contributed by atoms with Gasteiger partial charge in [0.05, 0.1) is 17.0 Å². The summed E-state index contributed by atoms with van der Waals surface area (Å²) in [4.78, 5) is 35.4. The van der Waals surface area contributed by atoms with E-state index in [9.17, 15) is 14.0 Å². The number of anilines is 1. The van der Waals surface area contributed by atoms with Crippen LogP contribution in [-0.4, -0.2) is 26.2 Å². The minimum Gasteiger partial charge on any atom is -0.323 e. The van der Waals surface area contributed by atoms with Gasteiger partial charge in [-0.1, -0.05) is 36.7 Å². The second-order valence-electron chi connectivity index (χ2n) is 6.80. The number of hydrogen-bond donors (Lipinski definition) is 1. The van der Waals surface area contributed by atoms with Gasteiger partial charge in [-0.15, -0.1) is 11.3 Å². The normalized spacial score (nSPS) is 11.3. The first-order valence-corrected chi connectivity index (χ1v) is 11.8. The third-order valence-electron chi connectivity index (χ3n) is 4.59. The van der Waals surface area contributed by atoms with Crippen LogP contribution in [0.25, 0.3) is 20.4 Å². The molecule has 0 atom stereocenters. The first kappa shape index (κ1) is 21.7. The molecular weight excluding hydrogens is 459 g/mol. The van der Waals surface area contributed by atoms with Crippen LogP contribution >= 0.6 is 34.7 Å². The lowest BCUT2D eigenvalue weighted by molar-refractivity contribution is -0.113. The Kier molecular flexibility index (Phi) is 6.54. The van der Waals surface area contributed by atoms with Gasteiger partial charge in [0.1, 0.15) is 15.3 Å². The van der Waals surface area contributed by atoms with Crippen molar-refractivity contribution in [3.8, 4) is 0 Å². The zero-order valence-corrected chi connectivity index (χ0v) is 18.9. The fourth-order valence-electron chi connectivity index (χ4n) is 3.07. The Balaban J connectivity index is 1.64. The van der Waals surface area contributed by atoms with Crippen molar-refractivity contribution in [1.82, 2.24) is 14.5 Å². The predicted octanol–water partition coefficient (Wildman–Crippen LogP) is 5.33. The molecule has 0 bridgehead atoms. The van der Waals surface area contributed by atoms with Gasteiger partial charge in [-0.05, 0) is 36.8 Å². The summed E-state index contributed by atoms with van der Waals surface area (Å²) >= 11 is 8.22. The largest absolute Gasteiger partial charge is 0.323 e. The summed E-state index contributed by atoms with van der Waals surface area (Å²) in [6.45, 7) is 2.55. The number of rotatable bonds is 7. The highest BCUT2D eigenvalue weighted by Gasteiger charge is 2.18. The number of thioether (sulfide) groups is 1. The Morgan fingerprint density at radius 1 is 1.35 bits per heavy atom. The molecule has 1 N–H and O–H groups in total. The van der Waals surface area contributed by atoms with Crippen molar-refractivity contribution < 1.29 is 9.18 Å². The summed E-state index contributed by atoms with van der Waals surface area (Å²) < 4.78 is 16.1. The van der Waals surface area contributed by atoms with Gasteiger partial charge in [-0.2, -0.15) is 0 Å². The number of halogens is 2. The molecular formula is C21H18ClFN4O2S2. The lowest BCUT2D eigenvalue weighted by Gasteiger charge is -2.12. The van der Waals surface area contributed by atoms with E-state index in [-0.39, 0.29) is 22.0 Å². The van der Waals surface area contributed by atoms with Crippen molar-refractivity contribution in [3.63, 3.8) is 0 Å². The zero-order valence-electron chi connectivity index (χ0n) is 16.5. The third-order valence-corrected chi connectivity index (χ3v) is 6.89. The molecule has 0 spiro atoms. The number of benzene rings is 1. The lowest BCUT2D eigenvalue weighted by Crippen LogP contribution is -2.23. The van der Waals surface area contributed by atoms with E-state index in [4.69, 9.17) is 16.6 Å². The molecule has 0 aliphatic rings. The summed E-state index contributed by atoms with van der Waals surface area (Å²) in [7, 11) is 0. The van der Waals surface area contributed by atoms with Crippen molar-refractivity contribution in [2.75, 3.05) is 11.1 Å². The van der Waals surface area contributed by atoms with Gasteiger partial charge in [-0.25, -0.2) is 14.4 Å². The van der Waals surface area contributed by atoms with Gasteiger partial charge in [0.2, 0.25) is 5.91 Å². The molecule has 4 aromatic rings. The van der Waals surface area contributed by atoms with E-state index in [0.29, 0.717) is 21.9 Å². The van der Waals surface area contributed by atoms with Crippen molar-refractivity contribution >= 4 is 66.7 Å². The Morgan fingerprint density at radius 2 is 2.19 bits per heavy atom. The smallest absolute Gasteiger partial charge is 0.272 e. The average molecular weight is 477 g/mol. The maximum atomic E-state index is 13.9. The minimum atomic E-state index is -0.609. The van der Waals surface area contributed by atoms with Crippen LogP contribution in [0.5, 0.6) is 0 Å². The standard InChI is InChI=1S/C21H18ClFN4O2S2/c1-2-3-9-27-20(29)18-17(13-5-4-8-24-19(13)31-18)26-21(27)30-11-16(28)25-15-7-6-12(22)10-14(15)23/h4-8,10H,2-3,9,11H2,1H3,(H,25,28). The van der Waals surface area contributed by atoms with Gasteiger partial charge in [0.25, 0.3) is 5.56 Å². The molecule has 0 saturated carbocycles. The van der Waals surface area contributed by atoms with Crippen LogP contribution in [0.2, 0.25) is 5.02 Å². The van der Waals surface area contributed by atoms with Crippen molar-refractivity contribution in [3.05, 3.63) is 57.7 Å². The Labute approximate surface area is 190 Å². The number of fused-ring (bicyclic) bond motifs is 3. The summed E-state index contributed by atoms with van der Waals surface area (Å²) in [6, 6.07) is 7.74. The minimum absolute atomic E-state index is 0.0214. The first-order valence-electron chi connectivity index (χ1n) is 9.63. The first-order chi connectivity index (χ1) is 15.0. The Hall–Kier alpha value is -2.49. The SMILES string of the molecule is CCCCn1c(SCC(=O)Nc2ccc(Cl)cc2F)nc2c(sc3ncccc32)c1=O. The molecule has 10 heteroatoms. The number of carbonyl (C=O) groups is 1. The van der Waals surface area contributed by atoms with Gasteiger partial charge in [0.15, 0.2) is 5.16 Å². The Bertz CT molecular complexity index is 1340. The lowest BCUT2D eigenvalue weighted by atomic mass is 10.3. The second-order valence-corrected chi connectivity index (χ2v) is 9.18. The van der Waals surface area contributed by atoms with E-state index in [0.717, 1.165) is 40.9 Å². The summed E-state index contributed by atoms with van der Waals surface area (Å²) in [5.41, 5.74) is 0.516. The third kappa shape index (κ3) is 4.58. The highest BCUT2D eigenvalue weighted by Crippen LogP contribution is 2.30. The van der Waals surface area contributed by atoms with E-state index < -0.39 is 11.7 Å². The van der Waals surface area contributed by atoms with Crippen LogP contribution in [0.3, 0.4) is 0 Å². The molecule has 6 nitrogen and oxygen atoms in total. The van der Waals surface area contributed by atoms with Crippen LogP contribution in [0.15, 0.2) is 46.5 Å². The van der Waals surface area contributed by atoms with Crippen LogP contribution in [0, 0.1) is 5.82 Å². The van der Waals surface area contributed by atoms with Crippen molar-refractivity contribution in [1.29, 1.82) is 0 Å². The number of nitrogens with one attached hydrogen (secondary N) is 1. The molecule has 0 unspecified atom stereocenters. The average Bonchev–Trinajstić information content (AvgIpc) is 3.13. The number of unbranched alkanes of at least 4 members (excludes halogenated alkanes) is 1. The monoisotopic (exact) mass is 476 g/mol. The number of thiophene rings is 1. The molecule has 0 radical (unpaired) electrons. The molecule has 0 saturated heterocycles. The van der Waals surface area contributed by atoms with Crippen molar-refractivity contribution in [2.45, 2.75) is 31.5 Å². The zero-order chi connectivity index (χ0) is 22.0. The molecule has 1 aromatic carbocycles. The highest BCUT2D eigenvalue weighted by molar-refractivity contribution is 7.99. The van der Waals surface area contributed by atoms with Crippen LogP contribution in [0.1, 0.15) is 19.8 Å². The van der Waals surface area contributed by atoms with Crippen LogP contribution < -0.4 is 10.9 Å². The van der Waals surface area contributed by atoms with E-state index in [2.05, 4.69) is 10.3 Å². The van der Waals surface area contributed by atoms with Gasteiger partial charge in [0, 0.05) is 23.2 Å². The maximum Gasteiger partial charge on any atom is 0.272 e. The summed E-state index contributed by atoms with van der Waals surface area (Å²) in [5.74, 6) is -1.03. The van der Waals surface area contributed by atoms with Crippen molar-refractivity contribution in [2.24, 2.45) is 0 Å². The maximum absolute atomic E-state index is 13.9. The number of carbonyl (C=O) groups excluding carboxylic acids is 1. The molecule has 4 rings (SSSR count). The fraction of sp³-hybridized carbons (Fsp3) is 0.238. The van der Waals surface area contributed by atoms with E-state index >= 15 is 0 Å². The number of pyridine rings is 1. The summed E-state index contributed by atoms with van der Waals surface area (Å²) in [5, 5.41) is 4.06. The van der Waals surface area contributed by atoms with Crippen LogP contribution in [0.4, 0.5) is 10.1 Å². The predicted molar refractivity (Wildman–Crippen MR) is 125 cm³/mol. The van der Waals surface area contributed by atoms with E-state index in [1.54, 1.807) is 16.8 Å². The van der Waals surface area contributed by atoms with Crippen LogP contribution in [-0.2, 0) is 11.3 Å². The molecule has 3 heterocycles. The topological polar surface area (TPSA) is 76.9 Å². The van der Waals surface area contributed by atoms with Gasteiger partial charge < -0.3 is 5.32 Å². The van der Waals surface area contributed by atoms with Gasteiger partial charge >= 0.3 is 0 Å². The van der Waals surface area contributed by atoms with E-state index in [1.807, 2.05) is 13.0 Å². The molecule has 160 valence electrons. The molecule has 0 fully saturated rings. The molecule has 3 aromatic heterocycles. The summed E-state index contributed by atoms with van der Waals surface area (Å²) in [6.07, 6.45) is 3.41. The van der Waals surface area contributed by atoms with Gasteiger partial charge in [-0.3, -0.25) is 14.2 Å². The number of hydrogen-bond acceptors (Lipinski definition) is 6. The number of aromatic nitrogens is 3. The second kappa shape index (κ2) is 9.33. The quantitative estimate of drug-likeness (QED) is 0.288. The number of amides is 1. The van der Waals surface area contributed by atoms with E-state index in [1.165, 1.54) is 23.5 Å². The fourth-order valence-corrected chi connectivity index (χ4v) is 5.08. The molecule has 0 aliphatic carbocycles. The Morgan fingerprint density at radius 3 is 2.97 bits per heavy atom.